The predicted octanol–water partition coefficient (Wildman–Crippen LogP) is 4.98. The number of anilines is 1. The number of carbonyl (C=O) groups is 3. The van der Waals surface area contributed by atoms with Gasteiger partial charge in [-0.1, -0.05) is 33.6 Å². The van der Waals surface area contributed by atoms with Crippen LogP contribution in [0.1, 0.15) is 34.3 Å². The monoisotopic (exact) mass is 573 g/mol. The lowest BCUT2D eigenvalue weighted by Crippen LogP contribution is -2.17. The van der Waals surface area contributed by atoms with Crippen molar-refractivity contribution in [3.05, 3.63) is 87.9 Å². The number of ketones is 1. The molecule has 1 amide bonds. The fourth-order valence-corrected chi connectivity index (χ4v) is 4.48. The van der Waals surface area contributed by atoms with Gasteiger partial charge in [0.25, 0.3) is 0 Å². The third-order valence-electron chi connectivity index (χ3n) is 5.07. The number of aryl methyl sites for hydroxylation is 2. The summed E-state index contributed by atoms with van der Waals surface area (Å²) in [4.78, 5) is 36.4. The minimum Gasteiger partial charge on any atom is -0.457 e. The Kier molecular flexibility index (Phi) is 9.00. The van der Waals surface area contributed by atoms with Crippen molar-refractivity contribution in [3.63, 3.8) is 0 Å². The quantitative estimate of drug-likeness (QED) is 0.206. The van der Waals surface area contributed by atoms with E-state index >= 15 is 0 Å². The number of rotatable bonds is 10. The number of halogens is 1. The van der Waals surface area contributed by atoms with Crippen LogP contribution in [0.15, 0.2) is 76.1 Å². The van der Waals surface area contributed by atoms with Gasteiger partial charge in [-0.15, -0.1) is 0 Å². The normalized spacial score (nSPS) is 11.0. The largest absolute Gasteiger partial charge is 0.457 e. The molecule has 3 aromatic carbocycles. The highest BCUT2D eigenvalue weighted by Gasteiger charge is 2.17. The summed E-state index contributed by atoms with van der Waals surface area (Å²) in [6.07, 6.45) is -0.275. The Morgan fingerprint density at radius 1 is 0.889 bits per heavy atom. The zero-order chi connectivity index (χ0) is 26.3. The first-order valence-corrected chi connectivity index (χ1v) is 13.1. The molecule has 0 spiro atoms. The number of hydrogen-bond donors (Lipinski definition) is 1. The topological polar surface area (TPSA) is 116 Å². The third kappa shape index (κ3) is 7.76. The van der Waals surface area contributed by atoms with Crippen LogP contribution >= 0.6 is 15.9 Å². The first kappa shape index (κ1) is 27.1. The zero-order valence-electron chi connectivity index (χ0n) is 19.6. The van der Waals surface area contributed by atoms with Gasteiger partial charge in [-0.25, -0.2) is 0 Å². The van der Waals surface area contributed by atoms with Gasteiger partial charge >= 0.3 is 16.1 Å². The van der Waals surface area contributed by atoms with Gasteiger partial charge in [0.2, 0.25) is 5.91 Å². The van der Waals surface area contributed by atoms with Gasteiger partial charge in [0.05, 0.1) is 6.42 Å². The van der Waals surface area contributed by atoms with E-state index in [1.165, 1.54) is 36.4 Å². The maximum Gasteiger partial charge on any atom is 0.339 e. The third-order valence-corrected chi connectivity index (χ3v) is 6.83. The average Bonchev–Trinajstić information content (AvgIpc) is 2.83. The van der Waals surface area contributed by atoms with Crippen molar-refractivity contribution in [1.29, 1.82) is 0 Å². The highest BCUT2D eigenvalue weighted by Crippen LogP contribution is 2.21. The molecule has 0 aliphatic carbocycles. The van der Waals surface area contributed by atoms with Crippen LogP contribution in [0.5, 0.6) is 5.75 Å². The Morgan fingerprint density at radius 3 is 2.19 bits per heavy atom. The zero-order valence-corrected chi connectivity index (χ0v) is 22.0. The molecule has 0 heterocycles. The Morgan fingerprint density at radius 2 is 1.56 bits per heavy atom. The Labute approximate surface area is 217 Å². The summed E-state index contributed by atoms with van der Waals surface area (Å²) in [5.41, 5.74) is 2.64. The molecule has 36 heavy (non-hydrogen) atoms. The van der Waals surface area contributed by atoms with Crippen LogP contribution in [0.4, 0.5) is 5.69 Å². The maximum atomic E-state index is 12.4. The number of Topliss-reactive ketones (excluding diaryl/α,β-unsaturated/α-hetero) is 1. The van der Waals surface area contributed by atoms with Crippen molar-refractivity contribution in [3.8, 4) is 5.75 Å². The lowest BCUT2D eigenvalue weighted by atomic mass is 10.1. The minimum absolute atomic E-state index is 0.0147. The smallest absolute Gasteiger partial charge is 0.339 e. The highest BCUT2D eigenvalue weighted by molar-refractivity contribution is 9.10. The molecule has 0 radical (unpaired) electrons. The van der Waals surface area contributed by atoms with E-state index in [1.54, 1.807) is 24.3 Å². The van der Waals surface area contributed by atoms with Crippen molar-refractivity contribution in [2.24, 2.45) is 0 Å². The molecule has 3 aromatic rings. The molecule has 10 heteroatoms. The molecule has 0 saturated heterocycles. The number of amides is 1. The first-order chi connectivity index (χ1) is 17.0. The fraction of sp³-hybridized carbons (Fsp3) is 0.192. The lowest BCUT2D eigenvalue weighted by molar-refractivity contribution is -0.143. The summed E-state index contributed by atoms with van der Waals surface area (Å²) >= 11 is 3.35. The molecule has 0 bridgehead atoms. The fourth-order valence-electron chi connectivity index (χ4n) is 3.07. The highest BCUT2D eigenvalue weighted by atomic mass is 79.9. The van der Waals surface area contributed by atoms with E-state index < -0.39 is 28.5 Å². The molecule has 0 unspecified atom stereocenters. The summed E-state index contributed by atoms with van der Waals surface area (Å²) in [6, 6.07) is 17.1. The van der Waals surface area contributed by atoms with Gasteiger partial charge in [0.1, 0.15) is 10.6 Å². The van der Waals surface area contributed by atoms with Gasteiger partial charge in [-0.3, -0.25) is 14.4 Å². The van der Waals surface area contributed by atoms with Crippen LogP contribution in [0.3, 0.4) is 0 Å². The molecular weight excluding hydrogens is 550 g/mol. The van der Waals surface area contributed by atoms with E-state index in [9.17, 15) is 22.8 Å². The van der Waals surface area contributed by atoms with Gasteiger partial charge in [-0.2, -0.15) is 8.42 Å². The first-order valence-electron chi connectivity index (χ1n) is 10.9. The summed E-state index contributed by atoms with van der Waals surface area (Å²) < 4.78 is 35.7. The lowest BCUT2D eigenvalue weighted by Gasteiger charge is -2.09. The summed E-state index contributed by atoms with van der Waals surface area (Å²) in [6.45, 7) is 3.18. The summed E-state index contributed by atoms with van der Waals surface area (Å²) in [7, 11) is -4.01. The Bertz CT molecular complexity index is 1370. The Balaban J connectivity index is 1.45. The number of hydrogen-bond acceptors (Lipinski definition) is 7. The molecule has 0 saturated carbocycles. The van der Waals surface area contributed by atoms with E-state index in [1.807, 2.05) is 19.9 Å². The molecule has 0 aliphatic rings. The Hall–Kier alpha value is -3.50. The number of carbonyl (C=O) groups excluding carboxylic acids is 3. The van der Waals surface area contributed by atoms with Crippen molar-refractivity contribution < 1.29 is 31.7 Å². The molecule has 0 atom stereocenters. The van der Waals surface area contributed by atoms with Crippen LogP contribution in [-0.4, -0.2) is 32.7 Å². The predicted molar refractivity (Wildman–Crippen MR) is 137 cm³/mol. The van der Waals surface area contributed by atoms with E-state index in [-0.39, 0.29) is 35.0 Å². The molecule has 1 N–H and O–H groups in total. The van der Waals surface area contributed by atoms with Gasteiger partial charge in [0, 0.05) is 22.1 Å². The molecule has 0 aromatic heterocycles. The van der Waals surface area contributed by atoms with E-state index in [0.717, 1.165) is 15.6 Å². The second-order valence-electron chi connectivity index (χ2n) is 7.97. The molecule has 3 rings (SSSR count). The molecule has 0 aliphatic heterocycles. The number of ether oxygens (including phenoxy) is 1. The second kappa shape index (κ2) is 12.0. The van der Waals surface area contributed by atoms with Crippen LogP contribution < -0.4 is 9.50 Å². The average molecular weight is 574 g/mol. The summed E-state index contributed by atoms with van der Waals surface area (Å²) in [5.74, 6) is -1.47. The minimum atomic E-state index is -4.01. The standard InChI is InChI=1S/C26H24BrNO7S/c1-17-3-10-22(11-4-17)36(32,33)35-21-8-5-19(6-9-21)24(29)16-34-26(31)14-13-25(30)28-23-12-7-20(27)15-18(23)2/h3-12,15H,13-14,16H2,1-2H3,(H,28,30). The van der Waals surface area contributed by atoms with Gasteiger partial charge in [0.15, 0.2) is 12.4 Å². The summed E-state index contributed by atoms with van der Waals surface area (Å²) in [5, 5.41) is 2.73. The van der Waals surface area contributed by atoms with Crippen LogP contribution in [0, 0.1) is 13.8 Å². The van der Waals surface area contributed by atoms with Crippen LogP contribution in [0.25, 0.3) is 0 Å². The van der Waals surface area contributed by atoms with Gasteiger partial charge in [-0.05, 0) is 74.0 Å². The van der Waals surface area contributed by atoms with Crippen LogP contribution in [0.2, 0.25) is 0 Å². The number of nitrogens with one attached hydrogen (secondary N) is 1. The SMILES string of the molecule is Cc1ccc(S(=O)(=O)Oc2ccc(C(=O)COC(=O)CCC(=O)Nc3ccc(Br)cc3C)cc2)cc1. The van der Waals surface area contributed by atoms with Gasteiger partial charge < -0.3 is 14.2 Å². The molecule has 0 fully saturated rings. The number of esters is 1. The molecule has 188 valence electrons. The van der Waals surface area contributed by atoms with Crippen molar-refractivity contribution in [1.82, 2.24) is 0 Å². The van der Waals surface area contributed by atoms with E-state index in [2.05, 4.69) is 21.2 Å². The molecule has 8 nitrogen and oxygen atoms in total. The second-order valence-corrected chi connectivity index (χ2v) is 10.4. The van der Waals surface area contributed by atoms with Crippen molar-refractivity contribution >= 4 is 49.4 Å². The van der Waals surface area contributed by atoms with Crippen LogP contribution in [-0.2, 0) is 24.4 Å². The maximum absolute atomic E-state index is 12.4. The van der Waals surface area contributed by atoms with Crippen molar-refractivity contribution in [2.45, 2.75) is 31.6 Å². The van der Waals surface area contributed by atoms with E-state index in [4.69, 9.17) is 8.92 Å². The molecular formula is C26H24BrNO7S. The van der Waals surface area contributed by atoms with Crippen molar-refractivity contribution in [2.75, 3.05) is 11.9 Å². The van der Waals surface area contributed by atoms with E-state index in [0.29, 0.717) is 5.69 Å². The number of benzene rings is 3.